The lowest BCUT2D eigenvalue weighted by Crippen LogP contribution is -2.23. The van der Waals surface area contributed by atoms with Crippen molar-refractivity contribution in [1.82, 2.24) is 4.57 Å². The largest absolute Gasteiger partial charge is 0.368 e. The zero-order chi connectivity index (χ0) is 9.84. The van der Waals surface area contributed by atoms with E-state index in [-0.39, 0.29) is 5.56 Å². The molecular formula is C8H8FNO3. The number of pyridine rings is 1. The monoisotopic (exact) mass is 185 g/mol. The summed E-state index contributed by atoms with van der Waals surface area (Å²) in [5.41, 5.74) is 0.431. The van der Waals surface area contributed by atoms with Crippen LogP contribution in [0.25, 0.3) is 0 Å². The minimum atomic E-state index is -1.09. The van der Waals surface area contributed by atoms with E-state index in [0.717, 1.165) is 10.1 Å². The summed E-state index contributed by atoms with van der Waals surface area (Å²) in [5, 5.41) is 0. The van der Waals surface area contributed by atoms with Gasteiger partial charge in [0.15, 0.2) is 0 Å². The SMILES string of the molecule is Cc1ccn(CC(=O)OF)c(=O)c1. The molecule has 5 heteroatoms. The van der Waals surface area contributed by atoms with Crippen LogP contribution < -0.4 is 5.56 Å². The predicted octanol–water partition coefficient (Wildman–Crippen LogP) is 0.584. The molecule has 0 N–H and O–H groups in total. The topological polar surface area (TPSA) is 48.3 Å². The van der Waals surface area contributed by atoms with Gasteiger partial charge in [-0.25, -0.2) is 4.79 Å². The summed E-state index contributed by atoms with van der Waals surface area (Å²) in [6, 6.07) is 3.00. The van der Waals surface area contributed by atoms with Crippen LogP contribution in [0.15, 0.2) is 23.1 Å². The molecule has 0 unspecified atom stereocenters. The van der Waals surface area contributed by atoms with Crippen molar-refractivity contribution in [1.29, 1.82) is 0 Å². The zero-order valence-electron chi connectivity index (χ0n) is 6.99. The van der Waals surface area contributed by atoms with Crippen LogP contribution in [0.2, 0.25) is 0 Å². The van der Waals surface area contributed by atoms with Crippen LogP contribution in [-0.2, 0) is 16.3 Å². The van der Waals surface area contributed by atoms with Crippen molar-refractivity contribution in [3.05, 3.63) is 34.2 Å². The fourth-order valence-electron chi connectivity index (χ4n) is 0.901. The van der Waals surface area contributed by atoms with Crippen molar-refractivity contribution in [2.75, 3.05) is 0 Å². The van der Waals surface area contributed by atoms with E-state index in [1.165, 1.54) is 12.3 Å². The van der Waals surface area contributed by atoms with Gasteiger partial charge in [-0.1, -0.05) is 0 Å². The molecule has 1 heterocycles. The first-order valence-electron chi connectivity index (χ1n) is 3.62. The number of aryl methyl sites for hydroxylation is 1. The normalized spacial score (nSPS) is 9.69. The summed E-state index contributed by atoms with van der Waals surface area (Å²) in [6.07, 6.45) is 1.41. The predicted molar refractivity (Wildman–Crippen MR) is 42.6 cm³/mol. The molecule has 0 radical (unpaired) electrons. The molecule has 0 saturated heterocycles. The Hall–Kier alpha value is -1.65. The summed E-state index contributed by atoms with van der Waals surface area (Å²) in [4.78, 5) is 24.5. The smallest absolute Gasteiger partial charge is 0.304 e. The van der Waals surface area contributed by atoms with Crippen LogP contribution in [0.5, 0.6) is 0 Å². The van der Waals surface area contributed by atoms with Gasteiger partial charge in [0.05, 0.1) is 0 Å². The first-order valence-corrected chi connectivity index (χ1v) is 3.62. The second-order valence-corrected chi connectivity index (χ2v) is 2.62. The fourth-order valence-corrected chi connectivity index (χ4v) is 0.901. The average Bonchev–Trinajstić information content (AvgIpc) is 2.09. The van der Waals surface area contributed by atoms with E-state index in [9.17, 15) is 14.1 Å². The van der Waals surface area contributed by atoms with Crippen molar-refractivity contribution in [2.24, 2.45) is 0 Å². The Morgan fingerprint density at radius 2 is 2.38 bits per heavy atom. The van der Waals surface area contributed by atoms with Gasteiger partial charge in [0.1, 0.15) is 6.54 Å². The van der Waals surface area contributed by atoms with Gasteiger partial charge in [-0.2, -0.15) is 0 Å². The molecule has 1 rings (SSSR count). The highest BCUT2D eigenvalue weighted by Gasteiger charge is 2.05. The Bertz CT molecular complexity index is 372. The Balaban J connectivity index is 2.90. The molecule has 13 heavy (non-hydrogen) atoms. The van der Waals surface area contributed by atoms with Crippen molar-refractivity contribution >= 4 is 5.97 Å². The lowest BCUT2D eigenvalue weighted by Gasteiger charge is -2.01. The Morgan fingerprint density at radius 1 is 1.69 bits per heavy atom. The molecule has 0 spiro atoms. The van der Waals surface area contributed by atoms with Gasteiger partial charge in [0.25, 0.3) is 5.56 Å². The molecule has 0 saturated carbocycles. The van der Waals surface area contributed by atoms with Gasteiger partial charge in [-0.05, 0) is 18.6 Å². The van der Waals surface area contributed by atoms with Gasteiger partial charge in [-0.15, -0.1) is 0 Å². The number of halogens is 1. The van der Waals surface area contributed by atoms with Gasteiger partial charge >= 0.3 is 5.97 Å². The van der Waals surface area contributed by atoms with E-state index in [0.29, 0.717) is 0 Å². The molecule has 0 aromatic carbocycles. The van der Waals surface area contributed by atoms with Crippen LogP contribution in [0.1, 0.15) is 5.56 Å². The number of aromatic nitrogens is 1. The van der Waals surface area contributed by atoms with Crippen LogP contribution in [0.4, 0.5) is 4.53 Å². The first-order chi connectivity index (χ1) is 6.13. The summed E-state index contributed by atoms with van der Waals surface area (Å²) in [6.45, 7) is 1.34. The minimum Gasteiger partial charge on any atom is -0.304 e. The summed E-state index contributed by atoms with van der Waals surface area (Å²) in [7, 11) is 0. The highest BCUT2D eigenvalue weighted by Crippen LogP contribution is 1.91. The van der Waals surface area contributed by atoms with E-state index in [1.54, 1.807) is 13.0 Å². The lowest BCUT2D eigenvalue weighted by molar-refractivity contribution is -0.184. The average molecular weight is 185 g/mol. The number of hydrogen-bond acceptors (Lipinski definition) is 3. The highest BCUT2D eigenvalue weighted by molar-refractivity contribution is 5.68. The van der Waals surface area contributed by atoms with Gasteiger partial charge < -0.3 is 4.57 Å². The van der Waals surface area contributed by atoms with Gasteiger partial charge in [0, 0.05) is 16.8 Å². The maximum atomic E-state index is 11.3. The minimum absolute atomic E-state index is 0.356. The molecule has 4 nitrogen and oxygen atoms in total. The Morgan fingerprint density at radius 3 is 2.92 bits per heavy atom. The fraction of sp³-hybridized carbons (Fsp3) is 0.250. The number of nitrogens with zero attached hydrogens (tertiary/aromatic N) is 1. The van der Waals surface area contributed by atoms with Crippen LogP contribution in [-0.4, -0.2) is 10.5 Å². The maximum Gasteiger partial charge on any atom is 0.368 e. The lowest BCUT2D eigenvalue weighted by atomic mass is 10.3. The van der Waals surface area contributed by atoms with Crippen molar-refractivity contribution < 1.29 is 14.3 Å². The van der Waals surface area contributed by atoms with Crippen molar-refractivity contribution in [3.63, 3.8) is 0 Å². The molecular weight excluding hydrogens is 177 g/mol. The Labute approximate surface area is 73.5 Å². The van der Waals surface area contributed by atoms with Gasteiger partial charge in [0.2, 0.25) is 0 Å². The van der Waals surface area contributed by atoms with E-state index in [2.05, 4.69) is 4.94 Å². The maximum absolute atomic E-state index is 11.3. The summed E-state index contributed by atoms with van der Waals surface area (Å²) in [5.74, 6) is -1.09. The molecule has 0 aliphatic heterocycles. The van der Waals surface area contributed by atoms with Gasteiger partial charge in [-0.3, -0.25) is 9.74 Å². The first kappa shape index (κ1) is 9.44. The van der Waals surface area contributed by atoms with E-state index in [1.807, 2.05) is 0 Å². The van der Waals surface area contributed by atoms with Crippen LogP contribution in [0, 0.1) is 6.92 Å². The number of carbonyl (C=O) groups is 1. The summed E-state index contributed by atoms with van der Waals surface area (Å²) < 4.78 is 12.4. The van der Waals surface area contributed by atoms with Crippen LogP contribution >= 0.6 is 0 Å². The molecule has 70 valence electrons. The van der Waals surface area contributed by atoms with Crippen molar-refractivity contribution in [2.45, 2.75) is 13.5 Å². The third-order valence-corrected chi connectivity index (χ3v) is 1.54. The number of carbonyl (C=O) groups excluding carboxylic acids is 1. The van der Waals surface area contributed by atoms with E-state index in [4.69, 9.17) is 0 Å². The molecule has 0 atom stereocenters. The molecule has 0 aliphatic carbocycles. The molecule has 0 aliphatic rings. The summed E-state index contributed by atoms with van der Waals surface area (Å²) >= 11 is 0. The number of rotatable bonds is 2. The molecule has 1 aromatic rings. The molecule has 0 amide bonds. The molecule has 0 fully saturated rings. The molecule has 1 aromatic heterocycles. The quantitative estimate of drug-likeness (QED) is 0.677. The Kier molecular flexibility index (Phi) is 2.79. The third kappa shape index (κ3) is 2.40. The second-order valence-electron chi connectivity index (χ2n) is 2.62. The third-order valence-electron chi connectivity index (χ3n) is 1.54. The van der Waals surface area contributed by atoms with Crippen LogP contribution in [0.3, 0.4) is 0 Å². The number of hydrogen-bond donors (Lipinski definition) is 0. The standard InChI is InChI=1S/C8H8FNO3/c1-6-2-3-10(7(11)4-6)5-8(12)13-9/h2-4H,5H2,1H3. The van der Waals surface area contributed by atoms with E-state index >= 15 is 0 Å². The van der Waals surface area contributed by atoms with E-state index < -0.39 is 12.5 Å². The highest BCUT2D eigenvalue weighted by atomic mass is 19.3. The second kappa shape index (κ2) is 3.84. The molecule has 0 bridgehead atoms. The zero-order valence-corrected chi connectivity index (χ0v) is 6.99. The van der Waals surface area contributed by atoms with Crippen molar-refractivity contribution in [3.8, 4) is 0 Å².